The summed E-state index contributed by atoms with van der Waals surface area (Å²) in [6.07, 6.45) is 1.38. The van der Waals surface area contributed by atoms with Crippen molar-refractivity contribution in [3.05, 3.63) is 66.1 Å². The number of rotatable bonds is 4. The SMILES string of the molecule is Cc1oc(-c2c3ccccc3cc3ccccc23)nc1CN1CCC(C(=O)O)CC1. The molecular weight excluding hydrogens is 376 g/mol. The van der Waals surface area contributed by atoms with Gasteiger partial charge in [0, 0.05) is 6.54 Å². The summed E-state index contributed by atoms with van der Waals surface area (Å²) in [6.45, 7) is 4.19. The Morgan fingerprint density at radius 1 is 1.07 bits per heavy atom. The molecule has 5 nitrogen and oxygen atoms in total. The average Bonchev–Trinajstić information content (AvgIpc) is 3.12. The number of carboxylic acid groups (broad SMARTS) is 1. The molecule has 3 aromatic carbocycles. The first kappa shape index (κ1) is 18.8. The molecule has 5 heteroatoms. The molecule has 4 aromatic rings. The number of hydrogen-bond donors (Lipinski definition) is 1. The predicted molar refractivity (Wildman–Crippen MR) is 117 cm³/mol. The van der Waals surface area contributed by atoms with Crippen LogP contribution < -0.4 is 0 Å². The van der Waals surface area contributed by atoms with Crippen molar-refractivity contribution in [3.8, 4) is 11.5 Å². The molecule has 2 heterocycles. The normalized spacial score (nSPS) is 15.8. The maximum absolute atomic E-state index is 11.2. The fourth-order valence-corrected chi connectivity index (χ4v) is 4.48. The molecule has 1 fully saturated rings. The molecular formula is C25H24N2O3. The minimum Gasteiger partial charge on any atom is -0.481 e. The van der Waals surface area contributed by atoms with E-state index in [0.717, 1.165) is 40.9 Å². The topological polar surface area (TPSA) is 66.6 Å². The second-order valence-corrected chi connectivity index (χ2v) is 8.10. The third kappa shape index (κ3) is 3.35. The standard InChI is InChI=1S/C25H24N2O3/c1-16-22(15-27-12-10-17(11-13-27)25(28)29)26-24(30-16)23-20-8-4-2-6-18(20)14-19-7-3-5-9-21(19)23/h2-9,14,17H,10-13,15H2,1H3,(H,28,29). The second kappa shape index (κ2) is 7.58. The van der Waals surface area contributed by atoms with Gasteiger partial charge < -0.3 is 9.52 Å². The molecule has 152 valence electrons. The zero-order valence-electron chi connectivity index (χ0n) is 17.0. The number of likely N-dealkylation sites (tertiary alicyclic amines) is 1. The fourth-order valence-electron chi connectivity index (χ4n) is 4.48. The van der Waals surface area contributed by atoms with Crippen LogP contribution in [0.15, 0.2) is 59.0 Å². The maximum atomic E-state index is 11.2. The van der Waals surface area contributed by atoms with Crippen molar-refractivity contribution >= 4 is 27.5 Å². The number of aromatic nitrogens is 1. The first-order chi connectivity index (χ1) is 14.6. The zero-order chi connectivity index (χ0) is 20.7. The van der Waals surface area contributed by atoms with Gasteiger partial charge in [-0.2, -0.15) is 0 Å². The minimum atomic E-state index is -0.683. The van der Waals surface area contributed by atoms with E-state index in [4.69, 9.17) is 9.40 Å². The highest BCUT2D eigenvalue weighted by Crippen LogP contribution is 2.36. The Balaban J connectivity index is 1.52. The molecule has 0 unspecified atom stereocenters. The molecule has 1 aliphatic heterocycles. The molecule has 1 aliphatic rings. The van der Waals surface area contributed by atoms with Crippen LogP contribution in [-0.4, -0.2) is 34.0 Å². The quantitative estimate of drug-likeness (QED) is 0.474. The largest absolute Gasteiger partial charge is 0.481 e. The summed E-state index contributed by atoms with van der Waals surface area (Å²) in [6, 6.07) is 18.9. The van der Waals surface area contributed by atoms with E-state index in [9.17, 15) is 9.90 Å². The van der Waals surface area contributed by atoms with E-state index in [-0.39, 0.29) is 5.92 Å². The van der Waals surface area contributed by atoms with Gasteiger partial charge in [-0.25, -0.2) is 4.98 Å². The van der Waals surface area contributed by atoms with Gasteiger partial charge in [-0.3, -0.25) is 9.69 Å². The van der Waals surface area contributed by atoms with Crippen LogP contribution in [-0.2, 0) is 11.3 Å². The Morgan fingerprint density at radius 2 is 1.67 bits per heavy atom. The van der Waals surface area contributed by atoms with E-state index in [1.54, 1.807) is 0 Å². The number of fused-ring (bicyclic) bond motifs is 2. The maximum Gasteiger partial charge on any atom is 0.306 e. The lowest BCUT2D eigenvalue weighted by atomic mass is 9.96. The Labute approximate surface area is 174 Å². The van der Waals surface area contributed by atoms with Gasteiger partial charge in [-0.05, 0) is 60.5 Å². The van der Waals surface area contributed by atoms with Gasteiger partial charge in [-0.1, -0.05) is 48.5 Å². The number of carbonyl (C=O) groups is 1. The molecule has 0 bridgehead atoms. The number of benzene rings is 3. The first-order valence-electron chi connectivity index (χ1n) is 10.4. The molecule has 1 saturated heterocycles. The first-order valence-corrected chi connectivity index (χ1v) is 10.4. The molecule has 1 aromatic heterocycles. The van der Waals surface area contributed by atoms with Crippen molar-refractivity contribution in [2.45, 2.75) is 26.3 Å². The van der Waals surface area contributed by atoms with E-state index >= 15 is 0 Å². The van der Waals surface area contributed by atoms with E-state index in [2.05, 4.69) is 35.2 Å². The van der Waals surface area contributed by atoms with Crippen molar-refractivity contribution in [1.82, 2.24) is 9.88 Å². The summed E-state index contributed by atoms with van der Waals surface area (Å²) < 4.78 is 6.19. The van der Waals surface area contributed by atoms with Gasteiger partial charge in [0.1, 0.15) is 5.76 Å². The van der Waals surface area contributed by atoms with E-state index in [0.29, 0.717) is 25.3 Å². The Morgan fingerprint density at radius 3 is 2.27 bits per heavy atom. The molecule has 1 N–H and O–H groups in total. The number of aryl methyl sites for hydroxylation is 1. The number of oxazole rings is 1. The number of aliphatic carboxylic acids is 1. The molecule has 0 saturated carbocycles. The number of carboxylic acids is 1. The van der Waals surface area contributed by atoms with Crippen LogP contribution in [0.1, 0.15) is 24.3 Å². The van der Waals surface area contributed by atoms with Crippen molar-refractivity contribution in [3.63, 3.8) is 0 Å². The summed E-state index contributed by atoms with van der Waals surface area (Å²) in [4.78, 5) is 18.4. The van der Waals surface area contributed by atoms with Gasteiger partial charge in [-0.15, -0.1) is 0 Å². The lowest BCUT2D eigenvalue weighted by Crippen LogP contribution is -2.36. The van der Waals surface area contributed by atoms with Gasteiger partial charge in [0.2, 0.25) is 5.89 Å². The highest BCUT2D eigenvalue weighted by molar-refractivity contribution is 6.11. The van der Waals surface area contributed by atoms with E-state index in [1.807, 2.05) is 31.2 Å². The Kier molecular flexibility index (Phi) is 4.75. The smallest absolute Gasteiger partial charge is 0.306 e. The fraction of sp³-hybridized carbons (Fsp3) is 0.280. The molecule has 30 heavy (non-hydrogen) atoms. The van der Waals surface area contributed by atoms with Gasteiger partial charge >= 0.3 is 5.97 Å². The number of nitrogens with zero attached hydrogens (tertiary/aromatic N) is 2. The second-order valence-electron chi connectivity index (χ2n) is 8.10. The van der Waals surface area contributed by atoms with Gasteiger partial charge in [0.05, 0.1) is 17.2 Å². The molecule has 0 radical (unpaired) electrons. The van der Waals surface area contributed by atoms with Crippen LogP contribution in [0, 0.1) is 12.8 Å². The third-order valence-corrected chi connectivity index (χ3v) is 6.19. The van der Waals surface area contributed by atoms with Crippen molar-refractivity contribution in [2.24, 2.45) is 5.92 Å². The Bertz CT molecular complexity index is 1180. The molecule has 0 amide bonds. The van der Waals surface area contributed by atoms with Crippen LogP contribution in [0.3, 0.4) is 0 Å². The molecule has 0 spiro atoms. The van der Waals surface area contributed by atoms with Crippen LogP contribution in [0.5, 0.6) is 0 Å². The van der Waals surface area contributed by atoms with Crippen LogP contribution >= 0.6 is 0 Å². The summed E-state index contributed by atoms with van der Waals surface area (Å²) in [7, 11) is 0. The highest BCUT2D eigenvalue weighted by atomic mass is 16.4. The molecule has 0 aliphatic carbocycles. The van der Waals surface area contributed by atoms with Gasteiger partial charge in [0.25, 0.3) is 0 Å². The molecule has 0 atom stereocenters. The van der Waals surface area contributed by atoms with E-state index < -0.39 is 5.97 Å². The molecule has 5 rings (SSSR count). The Hall–Kier alpha value is -3.18. The van der Waals surface area contributed by atoms with Gasteiger partial charge in [0.15, 0.2) is 0 Å². The van der Waals surface area contributed by atoms with Crippen molar-refractivity contribution in [1.29, 1.82) is 0 Å². The summed E-state index contributed by atoms with van der Waals surface area (Å²) in [5.74, 6) is 0.563. The predicted octanol–water partition coefficient (Wildman–Crippen LogP) is 5.25. The number of piperidine rings is 1. The van der Waals surface area contributed by atoms with Crippen LogP contribution in [0.25, 0.3) is 33.0 Å². The zero-order valence-corrected chi connectivity index (χ0v) is 17.0. The minimum absolute atomic E-state index is 0.225. The number of hydrogen-bond acceptors (Lipinski definition) is 4. The van der Waals surface area contributed by atoms with Crippen LogP contribution in [0.4, 0.5) is 0 Å². The summed E-state index contributed by atoms with van der Waals surface area (Å²) >= 11 is 0. The highest BCUT2D eigenvalue weighted by Gasteiger charge is 2.26. The average molecular weight is 400 g/mol. The third-order valence-electron chi connectivity index (χ3n) is 6.19. The summed E-state index contributed by atoms with van der Waals surface area (Å²) in [5, 5.41) is 13.8. The van der Waals surface area contributed by atoms with Crippen LogP contribution in [0.2, 0.25) is 0 Å². The van der Waals surface area contributed by atoms with E-state index in [1.165, 1.54) is 10.8 Å². The monoisotopic (exact) mass is 400 g/mol. The lowest BCUT2D eigenvalue weighted by molar-refractivity contribution is -0.143. The lowest BCUT2D eigenvalue weighted by Gasteiger charge is -2.29. The summed E-state index contributed by atoms with van der Waals surface area (Å²) in [5.41, 5.74) is 1.96. The van der Waals surface area contributed by atoms with Crippen molar-refractivity contribution < 1.29 is 14.3 Å². The van der Waals surface area contributed by atoms with Crippen molar-refractivity contribution in [2.75, 3.05) is 13.1 Å².